The fourth-order valence-electron chi connectivity index (χ4n) is 3.85. The summed E-state index contributed by atoms with van der Waals surface area (Å²) in [7, 11) is 1.56. The highest BCUT2D eigenvalue weighted by atomic mass is 79.9. The van der Waals surface area contributed by atoms with Crippen LogP contribution in [-0.2, 0) is 10.4 Å². The van der Waals surface area contributed by atoms with E-state index in [0.29, 0.717) is 28.3 Å². The van der Waals surface area contributed by atoms with Crippen molar-refractivity contribution in [2.24, 2.45) is 0 Å². The molecule has 0 aliphatic carbocycles. The molecule has 1 amide bonds. The van der Waals surface area contributed by atoms with Crippen molar-refractivity contribution in [2.75, 3.05) is 25.2 Å². The second-order valence-electron chi connectivity index (χ2n) is 7.44. The van der Waals surface area contributed by atoms with Gasteiger partial charge in [0.1, 0.15) is 6.61 Å². The SMILES string of the molecule is COc1ccccc1OCCN1C(=O)[C@](O)(CC(=O)c2ccc(Br)cc2)c2ccccc21. The maximum absolute atomic E-state index is 13.3. The van der Waals surface area contributed by atoms with Crippen molar-refractivity contribution in [2.45, 2.75) is 12.0 Å². The van der Waals surface area contributed by atoms with Crippen LogP contribution < -0.4 is 14.4 Å². The molecule has 0 radical (unpaired) electrons. The number of ketones is 1. The molecule has 0 saturated carbocycles. The van der Waals surface area contributed by atoms with Gasteiger partial charge in [0.25, 0.3) is 5.91 Å². The van der Waals surface area contributed by atoms with Crippen LogP contribution in [-0.4, -0.2) is 37.1 Å². The Kier molecular flexibility index (Phi) is 6.30. The van der Waals surface area contributed by atoms with Crippen molar-refractivity contribution in [1.82, 2.24) is 0 Å². The summed E-state index contributed by atoms with van der Waals surface area (Å²) in [5.41, 5.74) is -0.490. The first kappa shape index (κ1) is 22.0. The molecular formula is C25H22BrNO5. The van der Waals surface area contributed by atoms with E-state index >= 15 is 0 Å². The number of fused-ring (bicyclic) bond motifs is 1. The third kappa shape index (κ3) is 4.13. The van der Waals surface area contributed by atoms with Gasteiger partial charge in [-0.15, -0.1) is 0 Å². The minimum absolute atomic E-state index is 0.192. The zero-order valence-electron chi connectivity index (χ0n) is 17.5. The Bertz CT molecular complexity index is 1150. The van der Waals surface area contributed by atoms with Crippen molar-refractivity contribution in [3.8, 4) is 11.5 Å². The van der Waals surface area contributed by atoms with Gasteiger partial charge in [-0.25, -0.2) is 0 Å². The number of rotatable bonds is 8. The molecule has 0 spiro atoms. The van der Waals surface area contributed by atoms with Gasteiger partial charge >= 0.3 is 0 Å². The average Bonchev–Trinajstić information content (AvgIpc) is 3.01. The van der Waals surface area contributed by atoms with Gasteiger partial charge in [-0.05, 0) is 30.3 Å². The highest BCUT2D eigenvalue weighted by Crippen LogP contribution is 2.42. The number of halogens is 1. The lowest BCUT2D eigenvalue weighted by atomic mass is 9.88. The van der Waals surface area contributed by atoms with Crippen LogP contribution in [0.25, 0.3) is 0 Å². The maximum atomic E-state index is 13.3. The zero-order valence-corrected chi connectivity index (χ0v) is 19.0. The number of anilines is 1. The number of aliphatic hydroxyl groups is 1. The van der Waals surface area contributed by atoms with Crippen LogP contribution >= 0.6 is 15.9 Å². The molecule has 3 aromatic rings. The Morgan fingerprint density at radius 3 is 2.38 bits per heavy atom. The number of hydrogen-bond donors (Lipinski definition) is 1. The number of nitrogens with zero attached hydrogens (tertiary/aromatic N) is 1. The number of carbonyl (C=O) groups excluding carboxylic acids is 2. The number of hydrogen-bond acceptors (Lipinski definition) is 5. The highest BCUT2D eigenvalue weighted by molar-refractivity contribution is 9.10. The van der Waals surface area contributed by atoms with E-state index in [-0.39, 0.29) is 25.4 Å². The van der Waals surface area contributed by atoms with Gasteiger partial charge in [0, 0.05) is 15.6 Å². The number of Topliss-reactive ketones (excluding diaryl/α,β-unsaturated/α-hetero) is 1. The monoisotopic (exact) mass is 495 g/mol. The lowest BCUT2D eigenvalue weighted by molar-refractivity contribution is -0.135. The number of amides is 1. The van der Waals surface area contributed by atoms with E-state index in [4.69, 9.17) is 9.47 Å². The number of methoxy groups -OCH3 is 1. The van der Waals surface area contributed by atoms with Gasteiger partial charge in [-0.2, -0.15) is 0 Å². The molecule has 1 atom stereocenters. The van der Waals surface area contributed by atoms with Gasteiger partial charge in [0.05, 0.1) is 25.8 Å². The van der Waals surface area contributed by atoms with E-state index in [1.165, 1.54) is 4.90 Å². The number of benzene rings is 3. The minimum atomic E-state index is -1.93. The molecule has 0 bridgehead atoms. The van der Waals surface area contributed by atoms with Gasteiger partial charge in [0.2, 0.25) is 0 Å². The molecule has 164 valence electrons. The summed E-state index contributed by atoms with van der Waals surface area (Å²) in [6.45, 7) is 0.403. The van der Waals surface area contributed by atoms with Crippen molar-refractivity contribution in [3.63, 3.8) is 0 Å². The highest BCUT2D eigenvalue weighted by Gasteiger charge is 2.50. The minimum Gasteiger partial charge on any atom is -0.493 e. The van der Waals surface area contributed by atoms with Gasteiger partial charge in [-0.3, -0.25) is 9.59 Å². The first-order chi connectivity index (χ1) is 15.4. The van der Waals surface area contributed by atoms with Crippen molar-refractivity contribution in [1.29, 1.82) is 0 Å². The lowest BCUT2D eigenvalue weighted by Crippen LogP contribution is -2.43. The van der Waals surface area contributed by atoms with Crippen molar-refractivity contribution >= 4 is 33.3 Å². The van der Waals surface area contributed by atoms with Crippen LogP contribution in [0.2, 0.25) is 0 Å². The topological polar surface area (TPSA) is 76.1 Å². The summed E-state index contributed by atoms with van der Waals surface area (Å²) in [5.74, 6) is 0.316. The second kappa shape index (κ2) is 9.14. The van der Waals surface area contributed by atoms with Crippen LogP contribution in [0.5, 0.6) is 11.5 Å². The molecule has 7 heteroatoms. The van der Waals surface area contributed by atoms with Crippen LogP contribution in [0.3, 0.4) is 0 Å². The van der Waals surface area contributed by atoms with Crippen LogP contribution in [0.15, 0.2) is 77.3 Å². The molecule has 32 heavy (non-hydrogen) atoms. The van der Waals surface area contributed by atoms with Gasteiger partial charge in [0.15, 0.2) is 22.9 Å². The normalized spacial score (nSPS) is 17.2. The Hall–Kier alpha value is -3.16. The fourth-order valence-corrected chi connectivity index (χ4v) is 4.12. The molecule has 1 aliphatic rings. The fraction of sp³-hybridized carbons (Fsp3) is 0.200. The average molecular weight is 496 g/mol. The summed E-state index contributed by atoms with van der Waals surface area (Å²) < 4.78 is 11.9. The molecule has 0 fully saturated rings. The molecule has 3 aromatic carbocycles. The van der Waals surface area contributed by atoms with E-state index in [0.717, 1.165) is 4.47 Å². The lowest BCUT2D eigenvalue weighted by Gasteiger charge is -2.23. The molecule has 0 unspecified atom stereocenters. The Labute approximate surface area is 194 Å². The van der Waals surface area contributed by atoms with E-state index in [2.05, 4.69) is 15.9 Å². The largest absolute Gasteiger partial charge is 0.493 e. The molecular weight excluding hydrogens is 474 g/mol. The first-order valence-electron chi connectivity index (χ1n) is 10.1. The summed E-state index contributed by atoms with van der Waals surface area (Å²) in [5, 5.41) is 11.4. The molecule has 1 heterocycles. The van der Waals surface area contributed by atoms with E-state index in [1.54, 1.807) is 67.8 Å². The summed E-state index contributed by atoms with van der Waals surface area (Å²) in [4.78, 5) is 27.6. The molecule has 1 aliphatic heterocycles. The molecule has 1 N–H and O–H groups in total. The number of para-hydroxylation sites is 3. The Morgan fingerprint density at radius 1 is 1.00 bits per heavy atom. The van der Waals surface area contributed by atoms with Crippen molar-refractivity contribution < 1.29 is 24.2 Å². The predicted octanol–water partition coefficient (Wildman–Crippen LogP) is 4.34. The molecule has 4 rings (SSSR count). The van der Waals surface area contributed by atoms with Crippen LogP contribution in [0, 0.1) is 0 Å². The quantitative estimate of drug-likeness (QED) is 0.470. The van der Waals surface area contributed by atoms with Gasteiger partial charge in [-0.1, -0.05) is 58.4 Å². The Morgan fingerprint density at radius 2 is 1.66 bits per heavy atom. The van der Waals surface area contributed by atoms with E-state index in [9.17, 15) is 14.7 Å². The molecule has 0 saturated heterocycles. The van der Waals surface area contributed by atoms with Crippen molar-refractivity contribution in [3.05, 3.63) is 88.4 Å². The van der Waals surface area contributed by atoms with E-state index < -0.39 is 11.5 Å². The standard InChI is InChI=1S/C25H22BrNO5/c1-31-22-8-4-5-9-23(22)32-15-14-27-20-7-3-2-6-19(20)25(30,24(27)29)16-21(28)17-10-12-18(26)13-11-17/h2-13,30H,14-16H2,1H3/t25-/m0/s1. The third-order valence-electron chi connectivity index (χ3n) is 5.46. The first-order valence-corrected chi connectivity index (χ1v) is 10.9. The smallest absolute Gasteiger partial charge is 0.264 e. The predicted molar refractivity (Wildman–Crippen MR) is 124 cm³/mol. The molecule has 0 aromatic heterocycles. The Balaban J connectivity index is 1.53. The maximum Gasteiger partial charge on any atom is 0.264 e. The van der Waals surface area contributed by atoms with Crippen LogP contribution in [0.1, 0.15) is 22.3 Å². The summed E-state index contributed by atoms with van der Waals surface area (Å²) in [6.07, 6.45) is -0.339. The summed E-state index contributed by atoms with van der Waals surface area (Å²) >= 11 is 3.34. The zero-order chi connectivity index (χ0) is 22.7. The number of carbonyl (C=O) groups is 2. The number of ether oxygens (including phenoxy) is 2. The third-order valence-corrected chi connectivity index (χ3v) is 5.99. The van der Waals surface area contributed by atoms with Crippen LogP contribution in [0.4, 0.5) is 5.69 Å². The summed E-state index contributed by atoms with van der Waals surface area (Å²) in [6, 6.07) is 21.1. The van der Waals surface area contributed by atoms with E-state index in [1.807, 2.05) is 12.1 Å². The molecule has 6 nitrogen and oxygen atoms in total. The van der Waals surface area contributed by atoms with Gasteiger partial charge < -0.3 is 19.5 Å². The second-order valence-corrected chi connectivity index (χ2v) is 8.36.